The van der Waals surface area contributed by atoms with E-state index in [9.17, 15) is 0 Å². The minimum absolute atomic E-state index is 0.915. The summed E-state index contributed by atoms with van der Waals surface area (Å²) in [6.07, 6.45) is 28.7. The molecule has 0 radical (unpaired) electrons. The summed E-state index contributed by atoms with van der Waals surface area (Å²) in [7, 11) is 0. The molecule has 0 heterocycles. The number of aryl methyl sites for hydroxylation is 2. The van der Waals surface area contributed by atoms with Crippen molar-refractivity contribution in [3.05, 3.63) is 47.5 Å². The average Bonchev–Trinajstić information content (AvgIpc) is 2.86. The van der Waals surface area contributed by atoms with Crippen LogP contribution in [0.3, 0.4) is 0 Å². The molecule has 0 aromatic heterocycles. The largest absolute Gasteiger partial charge is 0.193 e. The van der Waals surface area contributed by atoms with Crippen LogP contribution in [0.4, 0.5) is 0 Å². The van der Waals surface area contributed by atoms with Gasteiger partial charge < -0.3 is 0 Å². The number of allylic oxidation sites excluding steroid dienone is 2. The number of benzene rings is 1. The van der Waals surface area contributed by atoms with E-state index >= 15 is 0 Å². The standard InChI is InChI=1S/C32H49N/c1-2-3-5-10-27-14-16-28(17-15-27)12-7-8-13-30-20-24-32(25-21-30)31-22-18-29(19-23-31)11-6-4-9-26-33/h4,9,14-17,29-32H,2-3,5-8,10-13,18-25H2,1H3/b9-4+. The molecule has 0 spiro atoms. The quantitative estimate of drug-likeness (QED) is 0.218. The molecular weight excluding hydrogens is 398 g/mol. The van der Waals surface area contributed by atoms with Crippen LogP contribution in [0.1, 0.15) is 121 Å². The van der Waals surface area contributed by atoms with Gasteiger partial charge in [-0.3, -0.25) is 0 Å². The van der Waals surface area contributed by atoms with Crippen LogP contribution in [0.5, 0.6) is 0 Å². The molecule has 0 atom stereocenters. The third-order valence-corrected chi connectivity index (χ3v) is 8.80. The van der Waals surface area contributed by atoms with Crippen LogP contribution >= 0.6 is 0 Å². The Kier molecular flexibility index (Phi) is 12.1. The van der Waals surface area contributed by atoms with E-state index in [1.54, 1.807) is 6.08 Å². The maximum atomic E-state index is 8.61. The summed E-state index contributed by atoms with van der Waals surface area (Å²) in [4.78, 5) is 0. The Labute approximate surface area is 205 Å². The normalized spacial score (nSPS) is 25.8. The summed E-state index contributed by atoms with van der Waals surface area (Å²) in [6.45, 7) is 2.28. The highest BCUT2D eigenvalue weighted by Crippen LogP contribution is 2.43. The summed E-state index contributed by atoms with van der Waals surface area (Å²) in [6, 6.07) is 11.6. The van der Waals surface area contributed by atoms with E-state index in [0.717, 1.165) is 30.1 Å². The Morgan fingerprint density at radius 3 is 1.76 bits per heavy atom. The number of hydrogen-bond acceptors (Lipinski definition) is 1. The molecule has 2 saturated carbocycles. The third kappa shape index (κ3) is 9.68. The zero-order valence-corrected chi connectivity index (χ0v) is 21.4. The number of nitrogens with zero attached hydrogens (tertiary/aromatic N) is 1. The van der Waals surface area contributed by atoms with Crippen molar-refractivity contribution in [1.29, 1.82) is 5.26 Å². The number of rotatable bonds is 13. The first-order valence-corrected chi connectivity index (χ1v) is 14.4. The van der Waals surface area contributed by atoms with Gasteiger partial charge >= 0.3 is 0 Å². The Hall–Kier alpha value is -1.55. The van der Waals surface area contributed by atoms with Crippen LogP contribution in [-0.4, -0.2) is 0 Å². The number of nitriles is 1. The molecule has 2 aliphatic carbocycles. The molecular formula is C32H49N. The minimum atomic E-state index is 0.915. The SMILES string of the molecule is CCCCCc1ccc(CCCCC2CCC(C3CCC(CC/C=C/C#N)CC3)CC2)cc1. The third-order valence-electron chi connectivity index (χ3n) is 8.80. The van der Waals surface area contributed by atoms with Gasteiger partial charge in [-0.15, -0.1) is 0 Å². The average molecular weight is 448 g/mol. The molecule has 0 unspecified atom stereocenters. The lowest BCUT2D eigenvalue weighted by Gasteiger charge is -2.38. The van der Waals surface area contributed by atoms with Gasteiger partial charge in [-0.25, -0.2) is 0 Å². The van der Waals surface area contributed by atoms with Crippen LogP contribution < -0.4 is 0 Å². The van der Waals surface area contributed by atoms with E-state index < -0.39 is 0 Å². The van der Waals surface area contributed by atoms with Gasteiger partial charge in [-0.05, 0) is 99.0 Å². The van der Waals surface area contributed by atoms with E-state index in [1.807, 2.05) is 0 Å². The van der Waals surface area contributed by atoms with Crippen LogP contribution in [0, 0.1) is 35.0 Å². The van der Waals surface area contributed by atoms with Crippen molar-refractivity contribution in [3.8, 4) is 6.07 Å². The minimum Gasteiger partial charge on any atom is -0.193 e. The lowest BCUT2D eigenvalue weighted by atomic mass is 9.68. The van der Waals surface area contributed by atoms with Crippen molar-refractivity contribution < 1.29 is 0 Å². The second kappa shape index (κ2) is 15.4. The first kappa shape index (κ1) is 26.1. The van der Waals surface area contributed by atoms with Gasteiger partial charge in [0.05, 0.1) is 6.07 Å². The molecule has 2 aliphatic rings. The summed E-state index contributed by atoms with van der Waals surface area (Å²) >= 11 is 0. The van der Waals surface area contributed by atoms with Crippen LogP contribution in [0.15, 0.2) is 36.4 Å². The molecule has 1 aromatic carbocycles. The smallest absolute Gasteiger partial charge is 0.0908 e. The van der Waals surface area contributed by atoms with Crippen LogP contribution in [0.25, 0.3) is 0 Å². The zero-order valence-electron chi connectivity index (χ0n) is 21.4. The first-order valence-electron chi connectivity index (χ1n) is 14.4. The molecule has 33 heavy (non-hydrogen) atoms. The van der Waals surface area contributed by atoms with Crippen LogP contribution in [-0.2, 0) is 12.8 Å². The van der Waals surface area contributed by atoms with E-state index in [0.29, 0.717) is 0 Å². The Balaban J connectivity index is 1.23. The van der Waals surface area contributed by atoms with Crippen molar-refractivity contribution >= 4 is 0 Å². The van der Waals surface area contributed by atoms with E-state index in [4.69, 9.17) is 5.26 Å². The van der Waals surface area contributed by atoms with Crippen molar-refractivity contribution in [2.45, 2.75) is 122 Å². The topological polar surface area (TPSA) is 23.8 Å². The fraction of sp³-hybridized carbons (Fsp3) is 0.719. The molecule has 0 bridgehead atoms. The van der Waals surface area contributed by atoms with E-state index in [1.165, 1.54) is 120 Å². The van der Waals surface area contributed by atoms with E-state index in [2.05, 4.69) is 43.3 Å². The molecule has 0 aliphatic heterocycles. The monoisotopic (exact) mass is 447 g/mol. The van der Waals surface area contributed by atoms with E-state index in [-0.39, 0.29) is 0 Å². The van der Waals surface area contributed by atoms with Crippen molar-refractivity contribution in [2.75, 3.05) is 0 Å². The van der Waals surface area contributed by atoms with Gasteiger partial charge in [0.2, 0.25) is 0 Å². The van der Waals surface area contributed by atoms with Gasteiger partial charge in [0, 0.05) is 6.08 Å². The molecule has 1 aromatic rings. The van der Waals surface area contributed by atoms with Crippen molar-refractivity contribution in [1.82, 2.24) is 0 Å². The number of unbranched alkanes of at least 4 members (excludes halogenated alkanes) is 3. The molecule has 0 saturated heterocycles. The van der Waals surface area contributed by atoms with Crippen molar-refractivity contribution in [3.63, 3.8) is 0 Å². The maximum absolute atomic E-state index is 8.61. The van der Waals surface area contributed by atoms with Gasteiger partial charge in [-0.2, -0.15) is 5.26 Å². The maximum Gasteiger partial charge on any atom is 0.0908 e. The summed E-state index contributed by atoms with van der Waals surface area (Å²) < 4.78 is 0. The second-order valence-electron chi connectivity index (χ2n) is 11.2. The molecule has 2 fully saturated rings. The Morgan fingerprint density at radius 2 is 1.24 bits per heavy atom. The highest BCUT2D eigenvalue weighted by Gasteiger charge is 2.30. The lowest BCUT2D eigenvalue weighted by Crippen LogP contribution is -2.25. The van der Waals surface area contributed by atoms with Gasteiger partial charge in [0.15, 0.2) is 0 Å². The van der Waals surface area contributed by atoms with Crippen molar-refractivity contribution in [2.24, 2.45) is 23.7 Å². The molecule has 0 N–H and O–H groups in total. The molecule has 1 heteroatoms. The lowest BCUT2D eigenvalue weighted by molar-refractivity contribution is 0.140. The van der Waals surface area contributed by atoms with Gasteiger partial charge in [0.1, 0.15) is 0 Å². The summed E-state index contributed by atoms with van der Waals surface area (Å²) in [5.74, 6) is 3.96. The molecule has 1 nitrogen and oxygen atoms in total. The summed E-state index contributed by atoms with van der Waals surface area (Å²) in [5.41, 5.74) is 3.06. The van der Waals surface area contributed by atoms with Gasteiger partial charge in [-0.1, -0.05) is 88.6 Å². The predicted molar refractivity (Wildman–Crippen MR) is 142 cm³/mol. The second-order valence-corrected chi connectivity index (χ2v) is 11.2. The molecule has 182 valence electrons. The highest BCUT2D eigenvalue weighted by molar-refractivity contribution is 5.22. The fourth-order valence-electron chi connectivity index (χ4n) is 6.58. The highest BCUT2D eigenvalue weighted by atomic mass is 14.4. The first-order chi connectivity index (χ1) is 16.3. The van der Waals surface area contributed by atoms with Gasteiger partial charge in [0.25, 0.3) is 0 Å². The molecule has 0 amide bonds. The summed E-state index contributed by atoms with van der Waals surface area (Å²) in [5, 5.41) is 8.61. The predicted octanol–water partition coefficient (Wildman–Crippen LogP) is 9.60. The fourth-order valence-corrected chi connectivity index (χ4v) is 6.58. The number of hydrogen-bond donors (Lipinski definition) is 0. The molecule has 3 rings (SSSR count). The van der Waals surface area contributed by atoms with Crippen LogP contribution in [0.2, 0.25) is 0 Å². The zero-order chi connectivity index (χ0) is 23.1. The Bertz CT molecular complexity index is 693. The Morgan fingerprint density at radius 1 is 0.727 bits per heavy atom.